The molecule has 2 fully saturated rings. The fraction of sp³-hybridized carbons (Fsp3) is 0.500. The largest absolute Gasteiger partial charge is 0.392 e. The minimum Gasteiger partial charge on any atom is -0.392 e. The van der Waals surface area contributed by atoms with Crippen molar-refractivity contribution in [2.75, 3.05) is 0 Å². The predicted molar refractivity (Wildman–Crippen MR) is 136 cm³/mol. The molecule has 1 aromatic heterocycles. The van der Waals surface area contributed by atoms with Gasteiger partial charge in [0.1, 0.15) is 0 Å². The average molecular weight is 637 g/mol. The molecule has 2 N–H and O–H groups in total. The van der Waals surface area contributed by atoms with Gasteiger partial charge in [0, 0.05) is 32.2 Å². The van der Waals surface area contributed by atoms with E-state index in [2.05, 4.69) is 89.0 Å². The van der Waals surface area contributed by atoms with E-state index in [4.69, 9.17) is 0 Å². The van der Waals surface area contributed by atoms with E-state index in [-0.39, 0.29) is 49.1 Å². The van der Waals surface area contributed by atoms with E-state index in [1.807, 2.05) is 12.3 Å². The molecule has 2 aliphatic carbocycles. The van der Waals surface area contributed by atoms with E-state index in [0.717, 1.165) is 36.1 Å². The second-order valence-electron chi connectivity index (χ2n) is 11.6. The Labute approximate surface area is 218 Å². The van der Waals surface area contributed by atoms with Crippen LogP contribution in [0.15, 0.2) is 48.7 Å². The van der Waals surface area contributed by atoms with Gasteiger partial charge in [-0.2, -0.15) is 0 Å². The number of fused-ring (bicyclic) bond motifs is 2. The summed E-state index contributed by atoms with van der Waals surface area (Å²) in [5.41, 5.74) is 4.41. The SMILES string of the molecule is CC1(C)CCC2CC(C)(C)C(O)C2C1O.Cc1[c-]c(-c2cc3ccccc3cn2)cc(C)c1.[Ir]. The van der Waals surface area contributed by atoms with Crippen molar-refractivity contribution >= 4 is 10.8 Å². The van der Waals surface area contributed by atoms with Crippen molar-refractivity contribution in [1.82, 2.24) is 4.98 Å². The zero-order valence-electron chi connectivity index (χ0n) is 21.2. The number of aromatic nitrogens is 1. The number of rotatable bonds is 1. The fourth-order valence-electron chi connectivity index (χ4n) is 5.93. The maximum atomic E-state index is 10.3. The normalized spacial score (nSPS) is 26.7. The van der Waals surface area contributed by atoms with Crippen molar-refractivity contribution in [1.29, 1.82) is 0 Å². The maximum absolute atomic E-state index is 10.3. The molecule has 1 heterocycles. The number of nitrogens with zero attached hydrogens (tertiary/aromatic N) is 1. The molecule has 4 atom stereocenters. The molecule has 4 heteroatoms. The molecule has 0 bridgehead atoms. The quantitative estimate of drug-likeness (QED) is 0.300. The zero-order valence-corrected chi connectivity index (χ0v) is 23.6. The summed E-state index contributed by atoms with van der Waals surface area (Å²) in [5.74, 6) is 0.627. The van der Waals surface area contributed by atoms with Crippen molar-refractivity contribution in [3.8, 4) is 11.3 Å². The minimum absolute atomic E-state index is 0. The van der Waals surface area contributed by atoms with Crippen LogP contribution in [0.5, 0.6) is 0 Å². The Morgan fingerprint density at radius 2 is 1.56 bits per heavy atom. The van der Waals surface area contributed by atoms with E-state index in [1.165, 1.54) is 16.3 Å². The van der Waals surface area contributed by atoms with Gasteiger partial charge in [0.05, 0.1) is 12.2 Å². The standard InChI is InChI=1S/C17H14N.C13H24O2.Ir/c1-12-7-13(2)9-16(8-12)17-10-14-5-3-4-6-15(14)11-18-17;1-12(2)6-5-8-7-13(3,4)11(15)9(8)10(12)14;/h3-8,10-11H,1-2H3;8-11,14-15H,5-7H2,1-4H3;/q-1;;. The molecule has 2 aliphatic rings. The molecule has 0 saturated heterocycles. The summed E-state index contributed by atoms with van der Waals surface area (Å²) in [4.78, 5) is 4.53. The van der Waals surface area contributed by atoms with Crippen LogP contribution in [0.3, 0.4) is 0 Å². The number of hydrogen-bond donors (Lipinski definition) is 2. The second kappa shape index (κ2) is 10.2. The number of aliphatic hydroxyl groups is 2. The summed E-state index contributed by atoms with van der Waals surface area (Å²) in [6.07, 6.45) is 4.56. The first kappa shape index (κ1) is 27.0. The minimum atomic E-state index is -0.340. The molecule has 3 nitrogen and oxygen atoms in total. The Morgan fingerprint density at radius 3 is 2.24 bits per heavy atom. The Kier molecular flexibility index (Phi) is 8.09. The van der Waals surface area contributed by atoms with Gasteiger partial charge in [0.25, 0.3) is 0 Å². The van der Waals surface area contributed by atoms with Crippen LogP contribution >= 0.6 is 0 Å². The molecule has 1 radical (unpaired) electrons. The molecule has 2 aromatic carbocycles. The van der Waals surface area contributed by atoms with E-state index < -0.39 is 0 Å². The molecule has 185 valence electrons. The van der Waals surface area contributed by atoms with Gasteiger partial charge in [-0.3, -0.25) is 0 Å². The van der Waals surface area contributed by atoms with E-state index in [0.29, 0.717) is 5.92 Å². The second-order valence-corrected chi connectivity index (χ2v) is 11.6. The van der Waals surface area contributed by atoms with Gasteiger partial charge < -0.3 is 15.2 Å². The monoisotopic (exact) mass is 637 g/mol. The zero-order chi connectivity index (χ0) is 24.0. The summed E-state index contributed by atoms with van der Waals surface area (Å²) in [7, 11) is 0. The third-order valence-electron chi connectivity index (χ3n) is 7.88. The number of hydrogen-bond acceptors (Lipinski definition) is 3. The maximum Gasteiger partial charge on any atom is 0.0646 e. The summed E-state index contributed by atoms with van der Waals surface area (Å²) in [6.45, 7) is 12.6. The van der Waals surface area contributed by atoms with Gasteiger partial charge in [-0.25, -0.2) is 0 Å². The van der Waals surface area contributed by atoms with Crippen LogP contribution in [0, 0.1) is 42.6 Å². The van der Waals surface area contributed by atoms with Crippen LogP contribution in [0.4, 0.5) is 0 Å². The van der Waals surface area contributed by atoms with Gasteiger partial charge in [-0.1, -0.05) is 71.9 Å². The van der Waals surface area contributed by atoms with Crippen molar-refractivity contribution in [2.45, 2.75) is 73.0 Å². The van der Waals surface area contributed by atoms with E-state index in [1.54, 1.807) is 0 Å². The average Bonchev–Trinajstić information content (AvgIpc) is 2.99. The first-order chi connectivity index (χ1) is 15.5. The number of aliphatic hydroxyl groups excluding tert-OH is 2. The molecule has 2 saturated carbocycles. The number of pyridine rings is 1. The smallest absolute Gasteiger partial charge is 0.0646 e. The Balaban J connectivity index is 0.000000188. The molecule has 0 aliphatic heterocycles. The fourth-order valence-corrected chi connectivity index (χ4v) is 5.93. The van der Waals surface area contributed by atoms with Gasteiger partial charge in [-0.15, -0.1) is 34.9 Å². The molecule has 5 rings (SSSR count). The molecule has 0 amide bonds. The Hall–Kier alpha value is -1.58. The Bertz CT molecular complexity index is 1120. The van der Waals surface area contributed by atoms with Crippen LogP contribution in [0.2, 0.25) is 0 Å². The van der Waals surface area contributed by atoms with Crippen LogP contribution < -0.4 is 0 Å². The van der Waals surface area contributed by atoms with Crippen LogP contribution in [-0.2, 0) is 20.1 Å². The van der Waals surface area contributed by atoms with Gasteiger partial charge >= 0.3 is 0 Å². The summed E-state index contributed by atoms with van der Waals surface area (Å²) >= 11 is 0. The Morgan fingerprint density at radius 1 is 0.912 bits per heavy atom. The van der Waals surface area contributed by atoms with Crippen molar-refractivity contribution < 1.29 is 30.3 Å². The number of aryl methyl sites for hydroxylation is 2. The van der Waals surface area contributed by atoms with E-state index >= 15 is 0 Å². The van der Waals surface area contributed by atoms with Crippen molar-refractivity contribution in [3.05, 3.63) is 65.9 Å². The van der Waals surface area contributed by atoms with Crippen LogP contribution in [0.1, 0.15) is 58.1 Å². The molecule has 3 aromatic rings. The van der Waals surface area contributed by atoms with Crippen molar-refractivity contribution in [2.24, 2.45) is 22.7 Å². The number of benzene rings is 2. The molecule has 0 spiro atoms. The van der Waals surface area contributed by atoms with Crippen LogP contribution in [-0.4, -0.2) is 27.4 Å². The topological polar surface area (TPSA) is 53.4 Å². The first-order valence-electron chi connectivity index (χ1n) is 12.2. The van der Waals surface area contributed by atoms with Gasteiger partial charge in [-0.05, 0) is 52.5 Å². The summed E-state index contributed by atoms with van der Waals surface area (Å²) < 4.78 is 0. The van der Waals surface area contributed by atoms with Crippen LogP contribution in [0.25, 0.3) is 22.0 Å². The van der Waals surface area contributed by atoms with Gasteiger partial charge in [0.2, 0.25) is 0 Å². The third kappa shape index (κ3) is 5.46. The summed E-state index contributed by atoms with van der Waals surface area (Å²) in [6, 6.07) is 18.0. The third-order valence-corrected chi connectivity index (χ3v) is 7.88. The van der Waals surface area contributed by atoms with Crippen molar-refractivity contribution in [3.63, 3.8) is 0 Å². The summed E-state index contributed by atoms with van der Waals surface area (Å²) in [5, 5.41) is 23.0. The first-order valence-corrected chi connectivity index (χ1v) is 12.2. The molecule has 34 heavy (non-hydrogen) atoms. The van der Waals surface area contributed by atoms with E-state index in [9.17, 15) is 10.2 Å². The molecular weight excluding hydrogens is 599 g/mol. The van der Waals surface area contributed by atoms with Gasteiger partial charge in [0.15, 0.2) is 0 Å². The molecule has 4 unspecified atom stereocenters. The predicted octanol–water partition coefficient (Wildman–Crippen LogP) is 6.51. The molecular formula is C30H38IrNO2-.